The molecule has 7 atom stereocenters. The van der Waals surface area contributed by atoms with E-state index in [-0.39, 0.29) is 43.4 Å². The first kappa shape index (κ1) is 30.0. The van der Waals surface area contributed by atoms with Crippen molar-refractivity contribution in [1.29, 1.82) is 0 Å². The molecular formula is C32H44N2O6. The lowest BCUT2D eigenvalue weighted by Gasteiger charge is -2.40. The predicted molar refractivity (Wildman–Crippen MR) is 154 cm³/mol. The van der Waals surface area contributed by atoms with E-state index in [2.05, 4.69) is 13.2 Å². The van der Waals surface area contributed by atoms with Crippen molar-refractivity contribution < 1.29 is 29.0 Å². The molecule has 2 amide bonds. The van der Waals surface area contributed by atoms with Crippen LogP contribution in [0.3, 0.4) is 0 Å². The molecule has 4 rings (SSSR count). The maximum atomic E-state index is 14.9. The lowest BCUT2D eigenvalue weighted by Crippen LogP contribution is -2.59. The Hall–Kier alpha value is -2.97. The Balaban J connectivity index is 1.91. The smallest absolute Gasteiger partial charge is 0.313 e. The van der Waals surface area contributed by atoms with E-state index in [1.807, 2.05) is 59.7 Å². The number of ether oxygens (including phenoxy) is 2. The predicted octanol–water partition coefficient (Wildman–Crippen LogP) is 3.97. The Bertz CT molecular complexity index is 1180. The molecule has 3 aliphatic heterocycles. The summed E-state index contributed by atoms with van der Waals surface area (Å²) in [6.07, 6.45) is 4.10. The van der Waals surface area contributed by atoms with Crippen LogP contribution in [0, 0.1) is 37.5 Å². The van der Waals surface area contributed by atoms with Gasteiger partial charge in [-0.15, -0.1) is 6.58 Å². The second kappa shape index (κ2) is 11.1. The van der Waals surface area contributed by atoms with Crippen LogP contribution in [0.25, 0.3) is 0 Å². The highest BCUT2D eigenvalue weighted by atomic mass is 16.6. The number of aryl methyl sites for hydroxylation is 2. The highest BCUT2D eigenvalue weighted by molar-refractivity contribution is 6.05. The number of likely N-dealkylation sites (tertiary alicyclic amines) is 1. The standard InChI is InChI=1S/C32H44N2O6/c1-9-14-33(26-20(5)12-11-13-21(26)6)29(37)27-32-17-22(7)31(8,40-32)25(30(38)39-15-10-2)24(32)28(36)34(27)23(18-35)16-19(3)4/h9-13,19,22-25,27,35H,1-2,14-18H2,3-8H3/t22?,23-,24+,25-,27?,31+,32?/m1/s1. The molecule has 8 heteroatoms. The molecule has 1 spiro atoms. The fraction of sp³-hybridized carbons (Fsp3) is 0.594. The zero-order chi connectivity index (χ0) is 29.6. The van der Waals surface area contributed by atoms with Crippen molar-refractivity contribution in [2.24, 2.45) is 23.7 Å². The van der Waals surface area contributed by atoms with Crippen LogP contribution in [-0.4, -0.2) is 70.8 Å². The van der Waals surface area contributed by atoms with Crippen molar-refractivity contribution in [3.05, 3.63) is 54.6 Å². The van der Waals surface area contributed by atoms with Crippen molar-refractivity contribution in [2.75, 3.05) is 24.7 Å². The molecule has 0 aliphatic carbocycles. The minimum absolute atomic E-state index is 0.0199. The summed E-state index contributed by atoms with van der Waals surface area (Å²) in [6.45, 7) is 19.3. The second-order valence-corrected chi connectivity index (χ2v) is 12.3. The first-order valence-corrected chi connectivity index (χ1v) is 14.3. The number of aliphatic hydroxyl groups is 1. The van der Waals surface area contributed by atoms with E-state index < -0.39 is 41.1 Å². The van der Waals surface area contributed by atoms with Crippen molar-refractivity contribution in [2.45, 2.75) is 77.7 Å². The number of hydrogen-bond acceptors (Lipinski definition) is 6. The molecule has 0 radical (unpaired) electrons. The van der Waals surface area contributed by atoms with E-state index in [4.69, 9.17) is 9.47 Å². The van der Waals surface area contributed by atoms with Crippen LogP contribution in [0.4, 0.5) is 5.69 Å². The number of carbonyl (C=O) groups excluding carboxylic acids is 3. The molecule has 1 N–H and O–H groups in total. The zero-order valence-corrected chi connectivity index (χ0v) is 24.7. The van der Waals surface area contributed by atoms with Gasteiger partial charge >= 0.3 is 5.97 Å². The van der Waals surface area contributed by atoms with Gasteiger partial charge in [-0.05, 0) is 56.6 Å². The quantitative estimate of drug-likeness (QED) is 0.330. The summed E-state index contributed by atoms with van der Waals surface area (Å²) in [4.78, 5) is 46.1. The molecule has 3 aliphatic rings. The monoisotopic (exact) mass is 552 g/mol. The fourth-order valence-electron chi connectivity index (χ4n) is 7.56. The number of para-hydroxylation sites is 1. The molecule has 1 aromatic rings. The first-order valence-electron chi connectivity index (χ1n) is 14.3. The van der Waals surface area contributed by atoms with Crippen LogP contribution >= 0.6 is 0 Å². The van der Waals surface area contributed by atoms with Gasteiger partial charge in [-0.3, -0.25) is 14.4 Å². The van der Waals surface area contributed by atoms with E-state index in [1.54, 1.807) is 15.9 Å². The summed E-state index contributed by atoms with van der Waals surface area (Å²) >= 11 is 0. The lowest BCUT2D eigenvalue weighted by molar-refractivity contribution is -0.161. The molecule has 1 aromatic carbocycles. The van der Waals surface area contributed by atoms with Crippen LogP contribution in [0.1, 0.15) is 51.7 Å². The second-order valence-electron chi connectivity index (χ2n) is 12.3. The SMILES string of the molecule is C=CCOC(=O)[C@H]1[C@H]2C(=O)N([C@@H](CO)CC(C)C)C(C(=O)N(CC=C)c3c(C)cccc3C)C23CC(C)[C@]1(C)O3. The highest BCUT2D eigenvalue weighted by Crippen LogP contribution is 2.66. The average Bonchev–Trinajstić information content (AvgIpc) is 3.41. The van der Waals surface area contributed by atoms with Crippen LogP contribution in [-0.2, 0) is 23.9 Å². The lowest BCUT2D eigenvalue weighted by atomic mass is 9.62. The molecule has 8 nitrogen and oxygen atoms in total. The molecule has 3 heterocycles. The highest BCUT2D eigenvalue weighted by Gasteiger charge is 2.80. The molecule has 3 saturated heterocycles. The Morgan fingerprint density at radius 2 is 1.90 bits per heavy atom. The summed E-state index contributed by atoms with van der Waals surface area (Å²) < 4.78 is 12.3. The molecule has 0 aromatic heterocycles. The normalized spacial score (nSPS) is 31.3. The molecule has 218 valence electrons. The molecule has 2 bridgehead atoms. The van der Waals surface area contributed by atoms with Crippen molar-refractivity contribution in [1.82, 2.24) is 4.90 Å². The van der Waals surface area contributed by atoms with Gasteiger partial charge in [0.05, 0.1) is 24.2 Å². The number of hydrogen-bond donors (Lipinski definition) is 1. The van der Waals surface area contributed by atoms with Gasteiger partial charge in [0.15, 0.2) is 0 Å². The molecule has 3 unspecified atom stereocenters. The van der Waals surface area contributed by atoms with Crippen LogP contribution in [0.15, 0.2) is 43.5 Å². The number of carbonyl (C=O) groups is 3. The summed E-state index contributed by atoms with van der Waals surface area (Å²) in [7, 11) is 0. The number of benzene rings is 1. The number of esters is 1. The number of aliphatic hydroxyl groups excluding tert-OH is 1. The van der Waals surface area contributed by atoms with Gasteiger partial charge in [-0.25, -0.2) is 0 Å². The molecular weight excluding hydrogens is 508 g/mol. The largest absolute Gasteiger partial charge is 0.461 e. The molecule has 40 heavy (non-hydrogen) atoms. The maximum absolute atomic E-state index is 14.9. The minimum Gasteiger partial charge on any atom is -0.461 e. The fourth-order valence-corrected chi connectivity index (χ4v) is 7.56. The molecule has 3 fully saturated rings. The summed E-state index contributed by atoms with van der Waals surface area (Å²) in [6, 6.07) is 4.21. The summed E-state index contributed by atoms with van der Waals surface area (Å²) in [5.41, 5.74) is 0.392. The van der Waals surface area contributed by atoms with E-state index in [0.29, 0.717) is 12.8 Å². The van der Waals surface area contributed by atoms with Gasteiger partial charge in [-0.2, -0.15) is 0 Å². The van der Waals surface area contributed by atoms with E-state index in [0.717, 1.165) is 16.8 Å². The topological polar surface area (TPSA) is 96.4 Å². The van der Waals surface area contributed by atoms with Crippen molar-refractivity contribution in [3.63, 3.8) is 0 Å². The average molecular weight is 553 g/mol. The number of nitrogens with zero attached hydrogens (tertiary/aromatic N) is 2. The minimum atomic E-state index is -1.24. The maximum Gasteiger partial charge on any atom is 0.313 e. The van der Waals surface area contributed by atoms with Crippen LogP contribution in [0.2, 0.25) is 0 Å². The third kappa shape index (κ3) is 4.49. The van der Waals surface area contributed by atoms with Crippen LogP contribution < -0.4 is 4.90 Å². The van der Waals surface area contributed by atoms with Crippen molar-refractivity contribution in [3.8, 4) is 0 Å². The van der Waals surface area contributed by atoms with Gasteiger partial charge in [0, 0.05) is 12.2 Å². The third-order valence-electron chi connectivity index (χ3n) is 9.22. The van der Waals surface area contributed by atoms with E-state index in [9.17, 15) is 19.5 Å². The summed E-state index contributed by atoms with van der Waals surface area (Å²) in [5.74, 6) is -2.90. The van der Waals surface area contributed by atoms with E-state index >= 15 is 0 Å². The van der Waals surface area contributed by atoms with Crippen molar-refractivity contribution >= 4 is 23.5 Å². The Morgan fingerprint density at radius 1 is 1.25 bits per heavy atom. The number of amides is 2. The molecule has 0 saturated carbocycles. The third-order valence-corrected chi connectivity index (χ3v) is 9.22. The zero-order valence-electron chi connectivity index (χ0n) is 24.7. The Kier molecular flexibility index (Phi) is 8.35. The Labute approximate surface area is 238 Å². The number of rotatable bonds is 11. The van der Waals surface area contributed by atoms with Gasteiger partial charge in [0.25, 0.3) is 5.91 Å². The van der Waals surface area contributed by atoms with Crippen LogP contribution in [0.5, 0.6) is 0 Å². The van der Waals surface area contributed by atoms with Gasteiger partial charge in [-0.1, -0.05) is 57.7 Å². The number of fused-ring (bicyclic) bond motifs is 1. The van der Waals surface area contributed by atoms with E-state index in [1.165, 1.54) is 6.08 Å². The number of anilines is 1. The van der Waals surface area contributed by atoms with Gasteiger partial charge < -0.3 is 24.4 Å². The van der Waals surface area contributed by atoms with Gasteiger partial charge in [0.2, 0.25) is 5.91 Å². The van der Waals surface area contributed by atoms with Gasteiger partial charge in [0.1, 0.15) is 24.2 Å². The summed E-state index contributed by atoms with van der Waals surface area (Å²) in [5, 5.41) is 10.5. The Morgan fingerprint density at radius 3 is 2.45 bits per heavy atom. The first-order chi connectivity index (χ1) is 18.9.